The van der Waals surface area contributed by atoms with Gasteiger partial charge >= 0.3 is 0 Å². The summed E-state index contributed by atoms with van der Waals surface area (Å²) in [6, 6.07) is 9.15. The van der Waals surface area contributed by atoms with Gasteiger partial charge < -0.3 is 5.32 Å². The van der Waals surface area contributed by atoms with Crippen LogP contribution in [0.4, 0.5) is 5.69 Å². The zero-order valence-electron chi connectivity index (χ0n) is 12.5. The molecule has 0 unspecified atom stereocenters. The number of nitrogens with one attached hydrogen (secondary N) is 1. The van der Waals surface area contributed by atoms with E-state index in [0.717, 1.165) is 17.0 Å². The van der Waals surface area contributed by atoms with Gasteiger partial charge in [0.15, 0.2) is 0 Å². The predicted molar refractivity (Wildman–Crippen MR) is 88.5 cm³/mol. The van der Waals surface area contributed by atoms with Crippen molar-refractivity contribution in [3.63, 3.8) is 0 Å². The second kappa shape index (κ2) is 6.60. The summed E-state index contributed by atoms with van der Waals surface area (Å²) >= 11 is 1.46. The largest absolute Gasteiger partial charge is 0.312 e. The highest BCUT2D eigenvalue weighted by atomic mass is 32.2. The lowest BCUT2D eigenvalue weighted by molar-refractivity contribution is 0.592. The molecule has 21 heavy (non-hydrogen) atoms. The Morgan fingerprint density at radius 1 is 1.19 bits per heavy atom. The summed E-state index contributed by atoms with van der Waals surface area (Å²) in [7, 11) is -1.93. The smallest absolute Gasteiger partial charge is 0.265 e. The number of benzene rings is 1. The molecule has 1 heterocycles. The minimum absolute atomic E-state index is 0.386. The summed E-state index contributed by atoms with van der Waals surface area (Å²) in [5.41, 5.74) is 1.77. The van der Waals surface area contributed by atoms with Crippen molar-refractivity contribution in [1.82, 2.24) is 5.32 Å². The Morgan fingerprint density at radius 3 is 2.48 bits per heavy atom. The van der Waals surface area contributed by atoms with E-state index in [4.69, 9.17) is 0 Å². The number of hydrogen-bond donors (Lipinski definition) is 1. The fraction of sp³-hybridized carbons (Fsp3) is 0.333. The van der Waals surface area contributed by atoms with Gasteiger partial charge in [-0.25, -0.2) is 8.42 Å². The van der Waals surface area contributed by atoms with E-state index in [-0.39, 0.29) is 0 Å². The summed E-state index contributed by atoms with van der Waals surface area (Å²) < 4.78 is 26.9. The van der Waals surface area contributed by atoms with Gasteiger partial charge in [-0.05, 0) is 37.0 Å². The van der Waals surface area contributed by atoms with Crippen molar-refractivity contribution in [1.29, 1.82) is 0 Å². The molecule has 0 aliphatic carbocycles. The number of sulfonamides is 1. The van der Waals surface area contributed by atoms with Crippen LogP contribution in [0, 0.1) is 6.92 Å². The van der Waals surface area contributed by atoms with Gasteiger partial charge in [0, 0.05) is 18.5 Å². The number of anilines is 1. The van der Waals surface area contributed by atoms with Gasteiger partial charge in [0.2, 0.25) is 0 Å². The molecule has 0 amide bonds. The van der Waals surface area contributed by atoms with Crippen LogP contribution in [0.2, 0.25) is 0 Å². The second-order valence-corrected chi connectivity index (χ2v) is 7.73. The summed E-state index contributed by atoms with van der Waals surface area (Å²) in [5, 5.41) is 5.00. The molecule has 0 saturated heterocycles. The van der Waals surface area contributed by atoms with Crippen molar-refractivity contribution >= 4 is 27.0 Å². The molecule has 0 saturated carbocycles. The Labute approximate surface area is 130 Å². The number of nitrogens with zero attached hydrogens (tertiary/aromatic N) is 1. The average Bonchev–Trinajstić information content (AvgIpc) is 2.94. The molecule has 0 aliphatic heterocycles. The standard InChI is InChI=1S/C15H20N2O2S2/c1-4-16-11-14-15(9-10-20-14)21(18,19)17(3)13-7-5-12(2)6-8-13/h5-10,16H,4,11H2,1-3H3. The lowest BCUT2D eigenvalue weighted by Crippen LogP contribution is -2.27. The van der Waals surface area contributed by atoms with Gasteiger partial charge in [-0.15, -0.1) is 11.3 Å². The van der Waals surface area contributed by atoms with E-state index in [1.165, 1.54) is 15.6 Å². The van der Waals surface area contributed by atoms with Crippen LogP contribution < -0.4 is 9.62 Å². The molecule has 0 radical (unpaired) electrons. The van der Waals surface area contributed by atoms with Crippen molar-refractivity contribution < 1.29 is 8.42 Å². The fourth-order valence-corrected chi connectivity index (χ4v) is 4.55. The van der Waals surface area contributed by atoms with Gasteiger partial charge in [-0.3, -0.25) is 4.31 Å². The first-order valence-corrected chi connectivity index (χ1v) is 9.11. The zero-order valence-corrected chi connectivity index (χ0v) is 14.1. The van der Waals surface area contributed by atoms with Crippen molar-refractivity contribution in [2.75, 3.05) is 17.9 Å². The number of hydrogen-bond acceptors (Lipinski definition) is 4. The van der Waals surface area contributed by atoms with E-state index in [2.05, 4.69) is 5.32 Å². The first kappa shape index (κ1) is 16.0. The summed E-state index contributed by atoms with van der Waals surface area (Å²) in [6.45, 7) is 5.36. The highest BCUT2D eigenvalue weighted by Gasteiger charge is 2.25. The molecule has 114 valence electrons. The maximum atomic E-state index is 12.8. The molecule has 1 aromatic heterocycles. The zero-order chi connectivity index (χ0) is 15.5. The van der Waals surface area contributed by atoms with E-state index in [1.807, 2.05) is 43.5 Å². The molecule has 0 fully saturated rings. The molecule has 0 aliphatic rings. The van der Waals surface area contributed by atoms with Gasteiger partial charge in [0.1, 0.15) is 4.90 Å². The topological polar surface area (TPSA) is 49.4 Å². The van der Waals surface area contributed by atoms with Gasteiger partial charge in [-0.2, -0.15) is 0 Å². The van der Waals surface area contributed by atoms with Crippen LogP contribution in [0.15, 0.2) is 40.6 Å². The summed E-state index contributed by atoms with van der Waals surface area (Å²) in [6.07, 6.45) is 0. The number of aryl methyl sites for hydroxylation is 1. The fourth-order valence-electron chi connectivity index (χ4n) is 1.97. The molecular weight excluding hydrogens is 304 g/mol. The molecule has 1 aromatic carbocycles. The molecule has 2 rings (SSSR count). The molecule has 0 spiro atoms. The normalized spacial score (nSPS) is 11.6. The van der Waals surface area contributed by atoms with Crippen molar-refractivity contribution in [2.24, 2.45) is 0 Å². The predicted octanol–water partition coefficient (Wildman–Crippen LogP) is 2.99. The lowest BCUT2D eigenvalue weighted by atomic mass is 10.2. The second-order valence-electron chi connectivity index (χ2n) is 4.80. The Balaban J connectivity index is 2.33. The Bertz CT molecular complexity index is 691. The number of rotatable bonds is 6. The van der Waals surface area contributed by atoms with Crippen molar-refractivity contribution in [2.45, 2.75) is 25.3 Å². The Morgan fingerprint density at radius 2 is 1.86 bits per heavy atom. The minimum atomic E-state index is -3.52. The van der Waals surface area contributed by atoms with E-state index in [9.17, 15) is 8.42 Å². The van der Waals surface area contributed by atoms with Crippen LogP contribution in [0.5, 0.6) is 0 Å². The molecule has 2 aromatic rings. The maximum Gasteiger partial charge on any atom is 0.265 e. The van der Waals surface area contributed by atoms with Crippen molar-refractivity contribution in [3.05, 3.63) is 46.2 Å². The molecule has 4 nitrogen and oxygen atoms in total. The SMILES string of the molecule is CCNCc1sccc1S(=O)(=O)N(C)c1ccc(C)cc1. The Kier molecular flexibility index (Phi) is 5.03. The van der Waals surface area contributed by atoms with E-state index in [1.54, 1.807) is 13.1 Å². The van der Waals surface area contributed by atoms with E-state index in [0.29, 0.717) is 17.1 Å². The van der Waals surface area contributed by atoms with Crippen LogP contribution in [0.25, 0.3) is 0 Å². The van der Waals surface area contributed by atoms with E-state index < -0.39 is 10.0 Å². The van der Waals surface area contributed by atoms with Crippen LogP contribution >= 0.6 is 11.3 Å². The average molecular weight is 324 g/mol. The molecule has 0 atom stereocenters. The first-order chi connectivity index (χ1) is 9.96. The maximum absolute atomic E-state index is 12.8. The van der Waals surface area contributed by atoms with Gasteiger partial charge in [0.25, 0.3) is 10.0 Å². The highest BCUT2D eigenvalue weighted by molar-refractivity contribution is 7.93. The lowest BCUT2D eigenvalue weighted by Gasteiger charge is -2.20. The Hall–Kier alpha value is -1.37. The molecule has 1 N–H and O–H groups in total. The molecule has 0 bridgehead atoms. The molecular formula is C15H20N2O2S2. The quantitative estimate of drug-likeness (QED) is 0.888. The third kappa shape index (κ3) is 3.45. The third-order valence-electron chi connectivity index (χ3n) is 3.28. The van der Waals surface area contributed by atoms with Crippen LogP contribution in [-0.4, -0.2) is 22.0 Å². The molecule has 6 heteroatoms. The van der Waals surface area contributed by atoms with Crippen LogP contribution in [-0.2, 0) is 16.6 Å². The van der Waals surface area contributed by atoms with Crippen LogP contribution in [0.1, 0.15) is 17.4 Å². The monoisotopic (exact) mass is 324 g/mol. The summed E-state index contributed by atoms with van der Waals surface area (Å²) in [4.78, 5) is 1.23. The van der Waals surface area contributed by atoms with Gasteiger partial charge in [-0.1, -0.05) is 24.6 Å². The van der Waals surface area contributed by atoms with E-state index >= 15 is 0 Å². The third-order valence-corrected chi connectivity index (χ3v) is 6.20. The first-order valence-electron chi connectivity index (χ1n) is 6.79. The number of thiophene rings is 1. The minimum Gasteiger partial charge on any atom is -0.312 e. The highest BCUT2D eigenvalue weighted by Crippen LogP contribution is 2.27. The summed E-state index contributed by atoms with van der Waals surface area (Å²) in [5.74, 6) is 0. The van der Waals surface area contributed by atoms with Crippen molar-refractivity contribution in [3.8, 4) is 0 Å². The van der Waals surface area contributed by atoms with Crippen LogP contribution in [0.3, 0.4) is 0 Å². The van der Waals surface area contributed by atoms with Gasteiger partial charge in [0.05, 0.1) is 5.69 Å².